The van der Waals surface area contributed by atoms with E-state index in [1.54, 1.807) is 11.3 Å². The molecule has 3 N–H and O–H groups in total. The number of aromatic amines is 1. The summed E-state index contributed by atoms with van der Waals surface area (Å²) in [5.41, 5.74) is 7.54. The van der Waals surface area contributed by atoms with Crippen LogP contribution in [-0.2, 0) is 0 Å². The summed E-state index contributed by atoms with van der Waals surface area (Å²) in [5, 5.41) is 10.4. The summed E-state index contributed by atoms with van der Waals surface area (Å²) in [4.78, 5) is 2.09. The van der Waals surface area contributed by atoms with Crippen molar-refractivity contribution in [3.05, 3.63) is 30.3 Å². The first-order valence-electron chi connectivity index (χ1n) is 6.48. The van der Waals surface area contributed by atoms with Gasteiger partial charge in [0, 0.05) is 4.88 Å². The van der Waals surface area contributed by atoms with E-state index < -0.39 is 0 Å². The monoisotopic (exact) mass is 300 g/mol. The van der Waals surface area contributed by atoms with Gasteiger partial charge < -0.3 is 15.2 Å². The summed E-state index contributed by atoms with van der Waals surface area (Å²) >= 11 is 1.61. The van der Waals surface area contributed by atoms with Gasteiger partial charge in [-0.1, -0.05) is 0 Å². The van der Waals surface area contributed by atoms with Crippen LogP contribution in [0.15, 0.2) is 30.3 Å². The van der Waals surface area contributed by atoms with Crippen molar-refractivity contribution >= 4 is 17.2 Å². The Hall–Kier alpha value is -2.54. The Morgan fingerprint density at radius 3 is 2.62 bits per heavy atom. The third-order valence-electron chi connectivity index (χ3n) is 3.24. The maximum atomic E-state index is 5.78. The third kappa shape index (κ3) is 2.11. The van der Waals surface area contributed by atoms with Gasteiger partial charge in [0.25, 0.3) is 0 Å². The lowest BCUT2D eigenvalue weighted by Crippen LogP contribution is -2.15. The average Bonchev–Trinajstić information content (AvgIpc) is 3.15. The normalized spacial score (nSPS) is 13.3. The molecule has 0 fully saturated rings. The summed E-state index contributed by atoms with van der Waals surface area (Å²) in [6.07, 6.45) is 0. The molecule has 21 heavy (non-hydrogen) atoms. The van der Waals surface area contributed by atoms with Crippen LogP contribution in [-0.4, -0.2) is 28.6 Å². The molecule has 7 heteroatoms. The van der Waals surface area contributed by atoms with Crippen LogP contribution < -0.4 is 15.2 Å². The van der Waals surface area contributed by atoms with E-state index in [9.17, 15) is 0 Å². The smallest absolute Gasteiger partial charge is 0.174 e. The molecule has 0 bridgehead atoms. The number of benzene rings is 1. The molecule has 0 unspecified atom stereocenters. The van der Waals surface area contributed by atoms with Gasteiger partial charge in [0.15, 0.2) is 17.3 Å². The summed E-state index contributed by atoms with van der Waals surface area (Å²) in [5.74, 6) is 1.99. The third-order valence-corrected chi connectivity index (χ3v) is 4.38. The minimum atomic E-state index is 0.408. The number of nitrogens with zero attached hydrogens (tertiary/aromatic N) is 2. The van der Waals surface area contributed by atoms with Gasteiger partial charge in [-0.3, -0.25) is 0 Å². The minimum absolute atomic E-state index is 0.408. The van der Waals surface area contributed by atoms with Crippen molar-refractivity contribution in [2.24, 2.45) is 0 Å². The SMILES string of the molecule is Nc1n[nH]nc1-c1ccc(-c2ccc3c(c2)OCCO3)s1. The molecular formula is C14H12N4O2S. The van der Waals surface area contributed by atoms with Crippen molar-refractivity contribution in [1.82, 2.24) is 15.4 Å². The largest absolute Gasteiger partial charge is 0.486 e. The first-order chi connectivity index (χ1) is 10.3. The molecule has 1 aromatic carbocycles. The van der Waals surface area contributed by atoms with Crippen molar-refractivity contribution in [2.75, 3.05) is 18.9 Å². The lowest BCUT2D eigenvalue weighted by atomic mass is 10.1. The molecule has 6 nitrogen and oxygen atoms in total. The molecule has 0 atom stereocenters. The Kier molecular flexibility index (Phi) is 2.78. The van der Waals surface area contributed by atoms with Crippen LogP contribution in [0.1, 0.15) is 0 Å². The maximum absolute atomic E-state index is 5.78. The van der Waals surface area contributed by atoms with E-state index in [0.29, 0.717) is 24.7 Å². The first-order valence-corrected chi connectivity index (χ1v) is 7.29. The Balaban J connectivity index is 1.71. The number of nitrogens with one attached hydrogen (secondary N) is 1. The fourth-order valence-corrected chi connectivity index (χ4v) is 3.24. The zero-order valence-corrected chi connectivity index (χ0v) is 11.8. The second-order valence-corrected chi connectivity index (χ2v) is 5.66. The van der Waals surface area contributed by atoms with Crippen LogP contribution in [0.4, 0.5) is 5.82 Å². The molecule has 1 aliphatic heterocycles. The molecule has 1 aliphatic rings. The molecule has 4 rings (SSSR count). The average molecular weight is 300 g/mol. The fraction of sp³-hybridized carbons (Fsp3) is 0.143. The number of ether oxygens (including phenoxy) is 2. The summed E-state index contributed by atoms with van der Waals surface area (Å²) < 4.78 is 11.1. The van der Waals surface area contributed by atoms with Gasteiger partial charge >= 0.3 is 0 Å². The molecule has 3 aromatic rings. The van der Waals surface area contributed by atoms with Crippen LogP contribution in [0, 0.1) is 0 Å². The minimum Gasteiger partial charge on any atom is -0.486 e. The molecule has 0 radical (unpaired) electrons. The van der Waals surface area contributed by atoms with Gasteiger partial charge in [0.05, 0.1) is 4.88 Å². The predicted octanol–water partition coefficient (Wildman–Crippen LogP) is 2.55. The van der Waals surface area contributed by atoms with Crippen LogP contribution in [0.3, 0.4) is 0 Å². The Morgan fingerprint density at radius 1 is 1.00 bits per heavy atom. The van der Waals surface area contributed by atoms with Gasteiger partial charge in [0.1, 0.15) is 18.9 Å². The van der Waals surface area contributed by atoms with Crippen molar-refractivity contribution in [2.45, 2.75) is 0 Å². The quantitative estimate of drug-likeness (QED) is 0.759. The molecule has 0 aliphatic carbocycles. The van der Waals surface area contributed by atoms with Crippen molar-refractivity contribution in [3.63, 3.8) is 0 Å². The standard InChI is InChI=1S/C14H12N4O2S/c15-14-13(16-18-17-14)12-4-3-11(21-12)8-1-2-9-10(7-8)20-6-5-19-9/h1-4,7H,5-6H2,(H3,15,16,17,18). The highest BCUT2D eigenvalue weighted by Crippen LogP contribution is 2.39. The lowest BCUT2D eigenvalue weighted by molar-refractivity contribution is 0.171. The summed E-state index contributed by atoms with van der Waals surface area (Å²) in [6, 6.07) is 9.99. The maximum Gasteiger partial charge on any atom is 0.174 e. The summed E-state index contributed by atoms with van der Waals surface area (Å²) in [7, 11) is 0. The van der Waals surface area contributed by atoms with E-state index in [4.69, 9.17) is 15.2 Å². The number of rotatable bonds is 2. The fourth-order valence-electron chi connectivity index (χ4n) is 2.24. The number of thiophene rings is 1. The number of hydrogen-bond donors (Lipinski definition) is 2. The van der Waals surface area contributed by atoms with Gasteiger partial charge in [-0.05, 0) is 35.9 Å². The number of fused-ring (bicyclic) bond motifs is 1. The van der Waals surface area contributed by atoms with Crippen molar-refractivity contribution in [3.8, 4) is 32.5 Å². The number of H-pyrrole nitrogens is 1. The Bertz CT molecular complexity index is 796. The number of hydrogen-bond acceptors (Lipinski definition) is 6. The van der Waals surface area contributed by atoms with Crippen molar-refractivity contribution in [1.29, 1.82) is 0 Å². The first kappa shape index (κ1) is 12.2. The second kappa shape index (κ2) is 4.78. The van der Waals surface area contributed by atoms with Crippen LogP contribution in [0.25, 0.3) is 21.0 Å². The molecule has 0 saturated carbocycles. The second-order valence-electron chi connectivity index (χ2n) is 4.58. The summed E-state index contributed by atoms with van der Waals surface area (Å²) in [6.45, 7) is 1.18. The topological polar surface area (TPSA) is 86.1 Å². The van der Waals surface area contributed by atoms with E-state index in [2.05, 4.69) is 15.4 Å². The number of nitrogen functional groups attached to an aromatic ring is 1. The molecule has 106 valence electrons. The van der Waals surface area contributed by atoms with E-state index in [0.717, 1.165) is 26.8 Å². The molecule has 3 heterocycles. The Labute approximate surface area is 124 Å². The molecule has 0 amide bonds. The highest BCUT2D eigenvalue weighted by molar-refractivity contribution is 7.18. The van der Waals surface area contributed by atoms with E-state index in [1.807, 2.05) is 30.3 Å². The van der Waals surface area contributed by atoms with Gasteiger partial charge in [-0.15, -0.1) is 16.4 Å². The van der Waals surface area contributed by atoms with Gasteiger partial charge in [-0.25, -0.2) is 0 Å². The van der Waals surface area contributed by atoms with Crippen molar-refractivity contribution < 1.29 is 9.47 Å². The molecule has 0 saturated heterocycles. The van der Waals surface area contributed by atoms with E-state index in [-0.39, 0.29) is 0 Å². The molecule has 0 spiro atoms. The van der Waals surface area contributed by atoms with E-state index >= 15 is 0 Å². The van der Waals surface area contributed by atoms with E-state index in [1.165, 1.54) is 0 Å². The highest BCUT2D eigenvalue weighted by atomic mass is 32.1. The zero-order chi connectivity index (χ0) is 14.2. The predicted molar refractivity (Wildman–Crippen MR) is 80.5 cm³/mol. The van der Waals surface area contributed by atoms with Gasteiger partial charge in [-0.2, -0.15) is 10.3 Å². The van der Waals surface area contributed by atoms with Crippen LogP contribution in [0.2, 0.25) is 0 Å². The van der Waals surface area contributed by atoms with Gasteiger partial charge in [0.2, 0.25) is 0 Å². The lowest BCUT2D eigenvalue weighted by Gasteiger charge is -2.18. The Morgan fingerprint density at radius 2 is 1.81 bits per heavy atom. The van der Waals surface area contributed by atoms with Crippen LogP contribution in [0.5, 0.6) is 11.5 Å². The number of anilines is 1. The van der Waals surface area contributed by atoms with Crippen LogP contribution >= 0.6 is 11.3 Å². The molecule has 2 aromatic heterocycles. The number of nitrogens with two attached hydrogens (primary N) is 1. The number of aromatic nitrogens is 3. The molecular weight excluding hydrogens is 288 g/mol. The highest BCUT2D eigenvalue weighted by Gasteiger charge is 2.15. The zero-order valence-electron chi connectivity index (χ0n) is 11.0.